The van der Waals surface area contributed by atoms with Crippen molar-refractivity contribution in [2.24, 2.45) is 0 Å². The molecule has 14 aromatic carbocycles. The summed E-state index contributed by atoms with van der Waals surface area (Å²) in [7, 11) is 1.40. The van der Waals surface area contributed by atoms with Crippen molar-refractivity contribution in [1.29, 1.82) is 0 Å². The fraction of sp³-hybridized carbons (Fsp3) is 0.0814. The molecular formula is C86H66Br4MgO4. The van der Waals surface area contributed by atoms with Gasteiger partial charge in [0.05, 0.1) is 18.1 Å². The standard InChI is InChI=1S/C29H21BrO.C29H19Br.C18H13BrO2.C6H5.C4H8O.BrH.Mg/c30-24-18-19-28(27(20-24)26-17-9-11-21-10-7-8-16-25(21)26)29(31,22-12-3-1-4-13-22)23-14-5-2-6-15-23;30-23-16-18-26-25(19-23)28-24-14-8-7-9-20(24)15-17-27(28)29(26,21-10-3-1-4-11-21)22-12-5-2-6-13-22;1-21-18(20)16-10-9-13(19)11-17(16)15-8-4-6-12-5-2-3-7-14(12)15;1-2-4-6-5-3-1;1-2-4-5-3-1;;/h1-20,31H;1-19H;2-11H,1H3;1-5H;1-4H2;1H;/q;;;-1;;;+2/p-1. The predicted molar refractivity (Wildman–Crippen MR) is 401 cm³/mol. The molecule has 2 aliphatic rings. The van der Waals surface area contributed by atoms with E-state index in [2.05, 4.69) is 236 Å². The number of halogens is 4. The topological polar surface area (TPSA) is 55.8 Å². The second kappa shape index (κ2) is 33.1. The van der Waals surface area contributed by atoms with Gasteiger partial charge in [0.25, 0.3) is 0 Å². The van der Waals surface area contributed by atoms with Gasteiger partial charge in [0.1, 0.15) is 5.60 Å². The molecule has 1 heterocycles. The molecule has 9 heteroatoms. The molecule has 0 atom stereocenters. The molecule has 464 valence electrons. The van der Waals surface area contributed by atoms with Gasteiger partial charge in [-0.05, 0) is 154 Å². The number of methoxy groups -OCH3 is 1. The summed E-state index contributed by atoms with van der Waals surface area (Å²) < 4.78 is 12.9. The van der Waals surface area contributed by atoms with Crippen molar-refractivity contribution in [2.75, 3.05) is 20.3 Å². The van der Waals surface area contributed by atoms with Crippen molar-refractivity contribution in [2.45, 2.75) is 23.9 Å². The number of carbonyl (C=O) groups is 1. The van der Waals surface area contributed by atoms with E-state index in [9.17, 15) is 9.90 Å². The predicted octanol–water partition coefficient (Wildman–Crippen LogP) is 19.5. The summed E-state index contributed by atoms with van der Waals surface area (Å²) in [5.74, 6) is -0.328. The van der Waals surface area contributed by atoms with E-state index in [-0.39, 0.29) is 51.4 Å². The Morgan fingerprint density at radius 1 is 0.432 bits per heavy atom. The zero-order chi connectivity index (χ0) is 64.0. The minimum atomic E-state index is -1.30. The zero-order valence-corrected chi connectivity index (χ0v) is 60.2. The third-order valence-corrected chi connectivity index (χ3v) is 18.6. The molecule has 1 aliphatic heterocycles. The van der Waals surface area contributed by atoms with E-state index in [0.717, 1.165) is 81.7 Å². The Morgan fingerprint density at radius 2 is 0.842 bits per heavy atom. The van der Waals surface area contributed by atoms with Crippen molar-refractivity contribution in [3.05, 3.63) is 392 Å². The first-order chi connectivity index (χ1) is 45.7. The van der Waals surface area contributed by atoms with Crippen LogP contribution in [0.4, 0.5) is 0 Å². The largest absolute Gasteiger partial charge is 2.00 e. The van der Waals surface area contributed by atoms with Gasteiger partial charge in [-0.15, -0.1) is 0 Å². The summed E-state index contributed by atoms with van der Waals surface area (Å²) >= 11 is 10.9. The van der Waals surface area contributed by atoms with E-state index in [0.29, 0.717) is 5.56 Å². The molecule has 0 aromatic heterocycles. The number of rotatable bonds is 8. The average Bonchev–Trinajstić information content (AvgIpc) is 1.55. The second-order valence-electron chi connectivity index (χ2n) is 22.6. The van der Waals surface area contributed by atoms with Crippen LogP contribution < -0.4 is 17.0 Å². The van der Waals surface area contributed by atoms with Crippen LogP contribution in [0.3, 0.4) is 0 Å². The monoisotopic (exact) mass is 1500 g/mol. The molecule has 1 saturated heterocycles. The van der Waals surface area contributed by atoms with Gasteiger partial charge in [0, 0.05) is 32.2 Å². The van der Waals surface area contributed by atoms with Gasteiger partial charge in [-0.2, -0.15) is 36.4 Å². The maximum absolute atomic E-state index is 12.4. The molecule has 14 aromatic rings. The Hall–Kier alpha value is -8.06. The minimum absolute atomic E-state index is 0. The van der Waals surface area contributed by atoms with Crippen LogP contribution in [0.2, 0.25) is 0 Å². The van der Waals surface area contributed by atoms with Crippen LogP contribution in [0.1, 0.15) is 62.1 Å². The van der Waals surface area contributed by atoms with Crippen LogP contribution in [0, 0.1) is 6.07 Å². The third-order valence-electron chi connectivity index (χ3n) is 17.1. The van der Waals surface area contributed by atoms with E-state index < -0.39 is 5.60 Å². The van der Waals surface area contributed by atoms with E-state index in [4.69, 9.17) is 9.47 Å². The van der Waals surface area contributed by atoms with Gasteiger partial charge in [-0.1, -0.05) is 303 Å². The molecule has 16 rings (SSSR count). The Kier molecular flexibility index (Phi) is 24.3. The zero-order valence-electron chi connectivity index (χ0n) is 52.4. The summed E-state index contributed by atoms with van der Waals surface area (Å²) in [5, 5.41) is 19.6. The maximum atomic E-state index is 12.4. The number of fused-ring (bicyclic) bond motifs is 7. The van der Waals surface area contributed by atoms with E-state index in [1.807, 2.05) is 140 Å². The molecule has 0 spiro atoms. The van der Waals surface area contributed by atoms with Gasteiger partial charge in [0.15, 0.2) is 0 Å². The van der Waals surface area contributed by atoms with Crippen molar-refractivity contribution in [1.82, 2.24) is 0 Å². The first kappa shape index (κ1) is 69.8. The molecule has 0 unspecified atom stereocenters. The van der Waals surface area contributed by atoms with Gasteiger partial charge in [-0.3, -0.25) is 0 Å². The molecule has 1 fully saturated rings. The van der Waals surface area contributed by atoms with Crippen molar-refractivity contribution in [3.63, 3.8) is 0 Å². The first-order valence-corrected chi connectivity index (χ1v) is 33.5. The van der Waals surface area contributed by atoms with Crippen molar-refractivity contribution < 1.29 is 36.4 Å². The number of hydrogen-bond acceptors (Lipinski definition) is 4. The molecule has 0 bridgehead atoms. The Balaban J connectivity index is 0.000000144. The molecule has 4 nitrogen and oxygen atoms in total. The van der Waals surface area contributed by atoms with Crippen LogP contribution in [0.15, 0.2) is 341 Å². The Labute approximate surface area is 609 Å². The third kappa shape index (κ3) is 15.1. The van der Waals surface area contributed by atoms with Crippen LogP contribution in [0.25, 0.3) is 65.7 Å². The summed E-state index contributed by atoms with van der Waals surface area (Å²) in [6.45, 7) is 2.00. The van der Waals surface area contributed by atoms with Gasteiger partial charge < -0.3 is 31.6 Å². The van der Waals surface area contributed by atoms with E-state index in [1.54, 1.807) is 6.07 Å². The van der Waals surface area contributed by atoms with Crippen molar-refractivity contribution >= 4 is 109 Å². The number of carbonyl (C=O) groups excluding carboxylic acids is 1. The number of benzene rings is 14. The summed E-state index contributed by atoms with van der Waals surface area (Å²) in [6.07, 6.45) is 2.56. The quantitative estimate of drug-likeness (QED) is 0.0713. The number of aliphatic hydroxyl groups is 1. The molecule has 0 radical (unpaired) electrons. The maximum Gasteiger partial charge on any atom is 2.00 e. The summed E-state index contributed by atoms with van der Waals surface area (Å²) in [5.41, 5.74) is 13.4. The summed E-state index contributed by atoms with van der Waals surface area (Å²) in [4.78, 5) is 12.0. The normalized spacial score (nSPS) is 12.2. The van der Waals surface area contributed by atoms with Crippen LogP contribution in [0.5, 0.6) is 0 Å². The van der Waals surface area contributed by atoms with Gasteiger partial charge in [-0.25, -0.2) is 4.79 Å². The average molecular weight is 1510 g/mol. The van der Waals surface area contributed by atoms with Gasteiger partial charge >= 0.3 is 29.0 Å². The van der Waals surface area contributed by atoms with E-state index >= 15 is 0 Å². The number of hydrogen-bond donors (Lipinski definition) is 1. The summed E-state index contributed by atoms with van der Waals surface area (Å²) in [6, 6.07) is 115. The first-order valence-electron chi connectivity index (χ1n) is 31.1. The fourth-order valence-corrected chi connectivity index (χ4v) is 14.0. The number of esters is 1. The molecular weight excluding hydrogens is 1440 g/mol. The fourth-order valence-electron chi connectivity index (χ4n) is 12.9. The second-order valence-corrected chi connectivity index (χ2v) is 25.4. The molecule has 0 amide bonds. The Bertz CT molecular complexity index is 4710. The SMILES string of the molecule is Brc1ccc2c(c1)-c1c(ccc3ccccc13)C2(c1ccccc1)c1ccccc1.C1CCOC1.COC(=O)c1ccc(Br)cc1-c1cccc2ccccc12.OC(c1ccccc1)(c1ccccc1)c1ccc(Br)cc1-c1cccc2ccccc12.[Br-].[Mg+2].[c-]1ccccc1. The molecule has 1 aliphatic carbocycles. The molecule has 1 N–H and O–H groups in total. The Morgan fingerprint density at radius 3 is 1.33 bits per heavy atom. The molecule has 0 saturated carbocycles. The smallest absolute Gasteiger partial charge is 1.00 e. The van der Waals surface area contributed by atoms with E-state index in [1.165, 1.54) is 69.5 Å². The van der Waals surface area contributed by atoms with Crippen molar-refractivity contribution in [3.8, 4) is 33.4 Å². The minimum Gasteiger partial charge on any atom is -1.00 e. The van der Waals surface area contributed by atoms with Gasteiger partial charge in [0.2, 0.25) is 0 Å². The van der Waals surface area contributed by atoms with Crippen LogP contribution in [-0.2, 0) is 20.5 Å². The van der Waals surface area contributed by atoms with Crippen LogP contribution in [-0.4, -0.2) is 54.5 Å². The molecule has 95 heavy (non-hydrogen) atoms. The number of ether oxygens (including phenoxy) is 2. The van der Waals surface area contributed by atoms with Crippen LogP contribution >= 0.6 is 47.8 Å².